The van der Waals surface area contributed by atoms with Crippen LogP contribution in [0.25, 0.3) is 0 Å². The van der Waals surface area contributed by atoms with Gasteiger partial charge in [-0.3, -0.25) is 4.79 Å². The summed E-state index contributed by atoms with van der Waals surface area (Å²) in [6, 6.07) is 1.91. The summed E-state index contributed by atoms with van der Waals surface area (Å²) in [5, 5.41) is 15.7. The molecule has 0 bridgehead atoms. The monoisotopic (exact) mass is 273 g/mol. The number of aromatic nitrogens is 4. The lowest BCUT2D eigenvalue weighted by Crippen LogP contribution is -2.39. The van der Waals surface area contributed by atoms with Crippen LogP contribution in [0.4, 0.5) is 5.95 Å². The lowest BCUT2D eigenvalue weighted by Gasteiger charge is -2.32. The van der Waals surface area contributed by atoms with E-state index in [4.69, 9.17) is 0 Å². The Hall–Kier alpha value is -1.89. The Bertz CT molecular complexity index is 659. The molecule has 3 heterocycles. The summed E-state index contributed by atoms with van der Waals surface area (Å²) in [5.41, 5.74) is 2.03. The molecule has 0 radical (unpaired) electrons. The average molecular weight is 273 g/mol. The van der Waals surface area contributed by atoms with Crippen molar-refractivity contribution in [3.63, 3.8) is 0 Å². The summed E-state index contributed by atoms with van der Waals surface area (Å²) < 4.78 is 1.68. The zero-order valence-corrected chi connectivity index (χ0v) is 10.9. The first-order valence-corrected chi connectivity index (χ1v) is 7.19. The SMILES string of the molecule is O=C1CCCC2=Nc3nnnn3C(c3ccsc3)C12. The first-order valence-electron chi connectivity index (χ1n) is 6.25. The minimum Gasteiger partial charge on any atom is -0.299 e. The number of carbonyl (C=O) groups is 1. The van der Waals surface area contributed by atoms with Crippen molar-refractivity contribution in [2.45, 2.75) is 25.3 Å². The molecule has 2 atom stereocenters. The summed E-state index contributed by atoms with van der Waals surface area (Å²) in [7, 11) is 0. The molecule has 2 aliphatic rings. The topological polar surface area (TPSA) is 73.0 Å². The lowest BCUT2D eigenvalue weighted by atomic mass is 9.78. The van der Waals surface area contributed by atoms with Gasteiger partial charge < -0.3 is 0 Å². The average Bonchev–Trinajstić information content (AvgIpc) is 3.07. The smallest absolute Gasteiger partial charge is 0.269 e. The number of hydrogen-bond acceptors (Lipinski definition) is 6. The van der Waals surface area contributed by atoms with Gasteiger partial charge in [-0.25, -0.2) is 9.67 Å². The van der Waals surface area contributed by atoms with Gasteiger partial charge in [0.05, 0.1) is 12.0 Å². The van der Waals surface area contributed by atoms with E-state index in [1.807, 2.05) is 11.4 Å². The number of Topliss-reactive ketones (excluding diaryl/α,β-unsaturated/α-hetero) is 1. The van der Waals surface area contributed by atoms with Crippen LogP contribution >= 0.6 is 11.3 Å². The van der Waals surface area contributed by atoms with Crippen molar-refractivity contribution in [1.29, 1.82) is 0 Å². The Labute approximate surface area is 113 Å². The molecule has 0 saturated heterocycles. The number of fused-ring (bicyclic) bond motifs is 2. The second-order valence-corrected chi connectivity index (χ2v) is 5.61. The molecule has 1 aliphatic heterocycles. The van der Waals surface area contributed by atoms with E-state index >= 15 is 0 Å². The lowest BCUT2D eigenvalue weighted by molar-refractivity contribution is -0.122. The molecule has 0 spiro atoms. The third kappa shape index (κ3) is 1.58. The van der Waals surface area contributed by atoms with Crippen LogP contribution in [0.1, 0.15) is 30.9 Å². The third-order valence-electron chi connectivity index (χ3n) is 3.74. The number of rotatable bonds is 1. The predicted molar refractivity (Wildman–Crippen MR) is 69.7 cm³/mol. The van der Waals surface area contributed by atoms with E-state index in [-0.39, 0.29) is 17.7 Å². The number of aliphatic imine (C=N–C) groups is 1. The molecule has 1 fully saturated rings. The first-order chi connectivity index (χ1) is 9.34. The highest BCUT2D eigenvalue weighted by Gasteiger charge is 2.41. The van der Waals surface area contributed by atoms with Gasteiger partial charge in [-0.15, -0.1) is 0 Å². The maximum absolute atomic E-state index is 12.3. The fourth-order valence-corrected chi connectivity index (χ4v) is 3.60. The zero-order valence-electron chi connectivity index (χ0n) is 10.1. The predicted octanol–water partition coefficient (Wildman–Crippen LogP) is 1.78. The van der Waals surface area contributed by atoms with Crippen LogP contribution < -0.4 is 0 Å². The summed E-state index contributed by atoms with van der Waals surface area (Å²) in [4.78, 5) is 16.8. The number of nitrogens with zero attached hydrogens (tertiary/aromatic N) is 5. The van der Waals surface area contributed by atoms with E-state index < -0.39 is 0 Å². The van der Waals surface area contributed by atoms with Crippen LogP contribution in [-0.2, 0) is 4.79 Å². The summed E-state index contributed by atoms with van der Waals surface area (Å²) in [6.07, 6.45) is 2.37. The highest BCUT2D eigenvalue weighted by Crippen LogP contribution is 2.39. The number of hydrogen-bond donors (Lipinski definition) is 0. The molecule has 0 N–H and O–H groups in total. The van der Waals surface area contributed by atoms with Crippen molar-refractivity contribution in [3.8, 4) is 0 Å². The van der Waals surface area contributed by atoms with E-state index in [1.165, 1.54) is 0 Å². The van der Waals surface area contributed by atoms with Crippen molar-refractivity contribution in [2.75, 3.05) is 0 Å². The fraction of sp³-hybridized carbons (Fsp3) is 0.417. The molecule has 96 valence electrons. The van der Waals surface area contributed by atoms with Gasteiger partial charge in [-0.2, -0.15) is 11.3 Å². The van der Waals surface area contributed by atoms with Crippen molar-refractivity contribution in [2.24, 2.45) is 10.9 Å². The van der Waals surface area contributed by atoms with Gasteiger partial charge in [0, 0.05) is 12.1 Å². The van der Waals surface area contributed by atoms with Crippen LogP contribution in [0.3, 0.4) is 0 Å². The fourth-order valence-electron chi connectivity index (χ4n) is 2.91. The molecular formula is C12H11N5OS. The Balaban J connectivity index is 1.91. The number of ketones is 1. The highest BCUT2D eigenvalue weighted by molar-refractivity contribution is 7.08. The molecular weight excluding hydrogens is 262 g/mol. The van der Waals surface area contributed by atoms with Gasteiger partial charge in [0.1, 0.15) is 5.78 Å². The van der Waals surface area contributed by atoms with Crippen LogP contribution in [0, 0.1) is 5.92 Å². The van der Waals surface area contributed by atoms with Crippen LogP contribution in [0.5, 0.6) is 0 Å². The number of thiophene rings is 1. The first kappa shape index (κ1) is 11.0. The van der Waals surface area contributed by atoms with Gasteiger partial charge in [0.2, 0.25) is 0 Å². The maximum Gasteiger partial charge on any atom is 0.269 e. The molecule has 2 aromatic heterocycles. The molecule has 1 saturated carbocycles. The third-order valence-corrected chi connectivity index (χ3v) is 4.45. The van der Waals surface area contributed by atoms with Gasteiger partial charge in [-0.05, 0) is 45.7 Å². The Kier molecular flexibility index (Phi) is 2.34. The van der Waals surface area contributed by atoms with Crippen molar-refractivity contribution >= 4 is 28.8 Å². The molecule has 0 amide bonds. The molecule has 2 unspecified atom stereocenters. The van der Waals surface area contributed by atoms with Crippen LogP contribution in [0.15, 0.2) is 21.8 Å². The minimum atomic E-state index is -0.195. The molecule has 0 aromatic carbocycles. The van der Waals surface area contributed by atoms with Crippen molar-refractivity contribution < 1.29 is 4.79 Å². The summed E-state index contributed by atoms with van der Waals surface area (Å²) in [5.74, 6) is 0.568. The molecule has 4 rings (SSSR count). The van der Waals surface area contributed by atoms with E-state index in [1.54, 1.807) is 16.0 Å². The molecule has 19 heavy (non-hydrogen) atoms. The quantitative estimate of drug-likeness (QED) is 0.794. The molecule has 7 heteroatoms. The minimum absolute atomic E-state index is 0.128. The normalized spacial score (nSPS) is 25.7. The molecule has 1 aliphatic carbocycles. The summed E-state index contributed by atoms with van der Waals surface area (Å²) in [6.45, 7) is 0. The van der Waals surface area contributed by atoms with E-state index in [0.717, 1.165) is 24.1 Å². The Morgan fingerprint density at radius 1 is 1.37 bits per heavy atom. The van der Waals surface area contributed by atoms with Crippen molar-refractivity contribution in [1.82, 2.24) is 20.2 Å². The Morgan fingerprint density at radius 2 is 2.32 bits per heavy atom. The van der Waals surface area contributed by atoms with Gasteiger partial charge in [0.25, 0.3) is 5.95 Å². The largest absolute Gasteiger partial charge is 0.299 e. The number of tetrazole rings is 1. The second kappa shape index (κ2) is 4.06. The maximum atomic E-state index is 12.3. The van der Waals surface area contributed by atoms with E-state index in [0.29, 0.717) is 12.4 Å². The van der Waals surface area contributed by atoms with Crippen LogP contribution in [0.2, 0.25) is 0 Å². The Morgan fingerprint density at radius 3 is 3.16 bits per heavy atom. The summed E-state index contributed by atoms with van der Waals surface area (Å²) >= 11 is 1.62. The van der Waals surface area contributed by atoms with Gasteiger partial charge in [0.15, 0.2) is 0 Å². The highest BCUT2D eigenvalue weighted by atomic mass is 32.1. The number of carbonyl (C=O) groups excluding carboxylic acids is 1. The zero-order chi connectivity index (χ0) is 12.8. The van der Waals surface area contributed by atoms with E-state index in [2.05, 4.69) is 25.9 Å². The van der Waals surface area contributed by atoms with Crippen LogP contribution in [-0.4, -0.2) is 31.7 Å². The van der Waals surface area contributed by atoms with Gasteiger partial charge >= 0.3 is 0 Å². The van der Waals surface area contributed by atoms with E-state index in [9.17, 15) is 4.79 Å². The standard InChI is InChI=1S/C12H11N5OS/c18-9-3-1-2-8-10(9)11(7-4-5-19-6-7)17-12(13-8)14-15-16-17/h4-6,10-11H,1-3H2. The van der Waals surface area contributed by atoms with Gasteiger partial charge in [-0.1, -0.05) is 5.10 Å². The van der Waals surface area contributed by atoms with Crippen molar-refractivity contribution in [3.05, 3.63) is 22.4 Å². The molecule has 6 nitrogen and oxygen atoms in total. The molecule has 2 aromatic rings. The second-order valence-electron chi connectivity index (χ2n) is 4.83.